The van der Waals surface area contributed by atoms with Crippen molar-refractivity contribution >= 4 is 20.8 Å². The maximum atomic E-state index is 12.2. The lowest BCUT2D eigenvalue weighted by atomic mass is 9.98. The number of nitrogens with zero attached hydrogens (tertiary/aromatic N) is 1. The third-order valence-electron chi connectivity index (χ3n) is 3.84. The van der Waals surface area contributed by atoms with Gasteiger partial charge in [0.15, 0.2) is 0 Å². The topological polar surface area (TPSA) is 66.5 Å². The summed E-state index contributed by atoms with van der Waals surface area (Å²) in [4.78, 5) is 3.16. The number of rotatable bonds is 7. The first-order valence-electron chi connectivity index (χ1n) is 7.54. The second-order valence-corrected chi connectivity index (χ2v) is 9.20. The molecule has 1 heterocycles. The van der Waals surface area contributed by atoms with Crippen LogP contribution in [-0.4, -0.2) is 55.7 Å². The van der Waals surface area contributed by atoms with Gasteiger partial charge in [0.2, 0.25) is 10.0 Å². The fraction of sp³-hybridized carbons (Fsp3) is 0.600. The quantitative estimate of drug-likeness (QED) is 0.803. The summed E-state index contributed by atoms with van der Waals surface area (Å²) in [6.45, 7) is 3.16. The number of nitrogens with one attached hydrogen (secondary N) is 1. The van der Waals surface area contributed by atoms with E-state index in [0.29, 0.717) is 18.2 Å². The van der Waals surface area contributed by atoms with Crippen molar-refractivity contribution in [3.05, 3.63) is 30.3 Å². The van der Waals surface area contributed by atoms with E-state index in [1.807, 2.05) is 30.3 Å². The molecule has 0 aliphatic carbocycles. The van der Waals surface area contributed by atoms with Crippen LogP contribution in [0.2, 0.25) is 0 Å². The van der Waals surface area contributed by atoms with Gasteiger partial charge >= 0.3 is 0 Å². The Kier molecular flexibility index (Phi) is 6.55. The van der Waals surface area contributed by atoms with E-state index >= 15 is 0 Å². The Balaban J connectivity index is 1.77. The lowest BCUT2D eigenvalue weighted by Crippen LogP contribution is -2.42. The van der Waals surface area contributed by atoms with Crippen molar-refractivity contribution in [2.75, 3.05) is 38.2 Å². The maximum Gasteiger partial charge on any atom is 0.208 e. The van der Waals surface area contributed by atoms with Crippen molar-refractivity contribution in [1.29, 1.82) is 0 Å². The standard InChI is InChI=1S/C15H24N2O3S2/c1-22(19,20)16-12-14-6-5-9-17(13-14)10-11-21(18)15-7-3-2-4-8-15/h2-4,7-8,14,16H,5-6,9-13H2,1H3/t14-,21-/m1/s1. The van der Waals surface area contributed by atoms with Crippen LogP contribution in [0.1, 0.15) is 12.8 Å². The Labute approximate surface area is 135 Å². The molecule has 0 aromatic heterocycles. The minimum absolute atomic E-state index is 0.341. The van der Waals surface area contributed by atoms with Gasteiger partial charge in [0.05, 0.1) is 17.1 Å². The Morgan fingerprint density at radius 1 is 1.32 bits per heavy atom. The molecule has 0 radical (unpaired) electrons. The molecular formula is C15H24N2O3S2. The van der Waals surface area contributed by atoms with E-state index in [1.165, 1.54) is 6.26 Å². The normalized spacial score (nSPS) is 21.6. The van der Waals surface area contributed by atoms with Gasteiger partial charge < -0.3 is 4.90 Å². The summed E-state index contributed by atoms with van der Waals surface area (Å²) in [6.07, 6.45) is 3.30. The molecule has 124 valence electrons. The van der Waals surface area contributed by atoms with Crippen molar-refractivity contribution in [3.63, 3.8) is 0 Å². The van der Waals surface area contributed by atoms with Crippen LogP contribution in [-0.2, 0) is 20.8 Å². The Hall–Kier alpha value is -0.760. The third kappa shape index (κ3) is 6.16. The predicted octanol–water partition coefficient (Wildman–Crippen LogP) is 1.06. The van der Waals surface area contributed by atoms with Gasteiger partial charge in [-0.3, -0.25) is 4.21 Å². The smallest absolute Gasteiger partial charge is 0.208 e. The van der Waals surface area contributed by atoms with E-state index in [-0.39, 0.29) is 0 Å². The molecule has 1 saturated heterocycles. The van der Waals surface area contributed by atoms with Crippen LogP contribution in [0.3, 0.4) is 0 Å². The molecule has 1 aromatic rings. The average molecular weight is 345 g/mol. The van der Waals surface area contributed by atoms with Crippen LogP contribution in [0, 0.1) is 5.92 Å². The number of likely N-dealkylation sites (tertiary alicyclic amines) is 1. The van der Waals surface area contributed by atoms with E-state index in [9.17, 15) is 12.6 Å². The van der Waals surface area contributed by atoms with E-state index in [4.69, 9.17) is 0 Å². The van der Waals surface area contributed by atoms with Crippen LogP contribution in [0.4, 0.5) is 0 Å². The fourth-order valence-corrected chi connectivity index (χ4v) is 4.35. The molecule has 2 rings (SSSR count). The van der Waals surface area contributed by atoms with Gasteiger partial charge in [-0.1, -0.05) is 18.2 Å². The molecule has 0 spiro atoms. The van der Waals surface area contributed by atoms with E-state index in [0.717, 1.165) is 37.4 Å². The highest BCUT2D eigenvalue weighted by Crippen LogP contribution is 2.16. The van der Waals surface area contributed by atoms with Crippen LogP contribution in [0.5, 0.6) is 0 Å². The average Bonchev–Trinajstić information content (AvgIpc) is 2.51. The summed E-state index contributed by atoms with van der Waals surface area (Å²) < 4.78 is 37.1. The molecule has 22 heavy (non-hydrogen) atoms. The molecule has 0 saturated carbocycles. The van der Waals surface area contributed by atoms with Crippen LogP contribution in [0.25, 0.3) is 0 Å². The lowest BCUT2D eigenvalue weighted by molar-refractivity contribution is 0.185. The monoisotopic (exact) mass is 344 g/mol. The highest BCUT2D eigenvalue weighted by atomic mass is 32.2. The summed E-state index contributed by atoms with van der Waals surface area (Å²) in [5.41, 5.74) is 0. The predicted molar refractivity (Wildman–Crippen MR) is 89.7 cm³/mol. The first-order valence-corrected chi connectivity index (χ1v) is 10.8. The lowest BCUT2D eigenvalue weighted by Gasteiger charge is -2.32. The number of hydrogen-bond acceptors (Lipinski definition) is 4. The number of benzene rings is 1. The SMILES string of the molecule is CS(=O)(=O)NC[C@H]1CCCN(CC[S@@](=O)c2ccccc2)C1. The van der Waals surface area contributed by atoms with E-state index in [2.05, 4.69) is 9.62 Å². The van der Waals surface area contributed by atoms with Gasteiger partial charge in [-0.15, -0.1) is 0 Å². The largest absolute Gasteiger partial charge is 0.302 e. The molecule has 5 nitrogen and oxygen atoms in total. The zero-order valence-electron chi connectivity index (χ0n) is 12.9. The van der Waals surface area contributed by atoms with Gasteiger partial charge in [-0.25, -0.2) is 13.1 Å². The molecule has 0 amide bonds. The molecule has 0 bridgehead atoms. The van der Waals surface area contributed by atoms with Crippen LogP contribution >= 0.6 is 0 Å². The van der Waals surface area contributed by atoms with E-state index < -0.39 is 20.8 Å². The van der Waals surface area contributed by atoms with Crippen LogP contribution in [0.15, 0.2) is 35.2 Å². The molecule has 1 N–H and O–H groups in total. The molecule has 1 aliphatic heterocycles. The molecule has 0 unspecified atom stereocenters. The van der Waals surface area contributed by atoms with Gasteiger partial charge in [-0.2, -0.15) is 0 Å². The fourth-order valence-electron chi connectivity index (χ4n) is 2.69. The number of sulfonamides is 1. The third-order valence-corrected chi connectivity index (χ3v) is 5.88. The summed E-state index contributed by atoms with van der Waals surface area (Å²) in [5, 5.41) is 0. The summed E-state index contributed by atoms with van der Waals surface area (Å²) >= 11 is 0. The van der Waals surface area contributed by atoms with Gasteiger partial charge in [0.25, 0.3) is 0 Å². The number of hydrogen-bond donors (Lipinski definition) is 1. The minimum atomic E-state index is -3.12. The van der Waals surface area contributed by atoms with Gasteiger partial charge in [0, 0.05) is 30.3 Å². The molecule has 1 fully saturated rings. The Morgan fingerprint density at radius 3 is 2.73 bits per heavy atom. The van der Waals surface area contributed by atoms with Crippen molar-refractivity contribution in [3.8, 4) is 0 Å². The van der Waals surface area contributed by atoms with E-state index in [1.54, 1.807) is 0 Å². The summed E-state index contributed by atoms with van der Waals surface area (Å²) in [7, 11) is -4.09. The van der Waals surface area contributed by atoms with Crippen molar-refractivity contribution in [1.82, 2.24) is 9.62 Å². The zero-order valence-corrected chi connectivity index (χ0v) is 14.5. The van der Waals surface area contributed by atoms with Gasteiger partial charge in [-0.05, 0) is 37.4 Å². The maximum absolute atomic E-state index is 12.2. The van der Waals surface area contributed by atoms with Crippen LogP contribution < -0.4 is 4.72 Å². The number of piperidine rings is 1. The first kappa shape index (κ1) is 17.6. The summed E-state index contributed by atoms with van der Waals surface area (Å²) in [5.74, 6) is 0.963. The Morgan fingerprint density at radius 2 is 2.05 bits per heavy atom. The first-order chi connectivity index (χ1) is 10.4. The Bertz CT molecular complexity index is 590. The van der Waals surface area contributed by atoms with Gasteiger partial charge in [0.1, 0.15) is 0 Å². The van der Waals surface area contributed by atoms with Crippen molar-refractivity contribution in [2.45, 2.75) is 17.7 Å². The summed E-state index contributed by atoms with van der Waals surface area (Å²) in [6, 6.07) is 9.52. The molecule has 2 atom stereocenters. The zero-order chi connectivity index (χ0) is 16.0. The van der Waals surface area contributed by atoms with Crippen molar-refractivity contribution < 1.29 is 12.6 Å². The highest BCUT2D eigenvalue weighted by molar-refractivity contribution is 7.88. The highest BCUT2D eigenvalue weighted by Gasteiger charge is 2.21. The minimum Gasteiger partial charge on any atom is -0.302 e. The second-order valence-electron chi connectivity index (χ2n) is 5.79. The second kappa shape index (κ2) is 8.19. The molecule has 1 aromatic carbocycles. The molecule has 7 heteroatoms. The van der Waals surface area contributed by atoms with Crippen molar-refractivity contribution in [2.24, 2.45) is 5.92 Å². The molecule has 1 aliphatic rings. The molecular weight excluding hydrogens is 320 g/mol.